The molecule has 0 spiro atoms. The van der Waals surface area contributed by atoms with Crippen molar-refractivity contribution in [1.29, 1.82) is 0 Å². The molecule has 0 bridgehead atoms. The summed E-state index contributed by atoms with van der Waals surface area (Å²) in [6.45, 7) is 7.01. The number of carboxylic acid groups (broad SMARTS) is 1. The van der Waals surface area contributed by atoms with Gasteiger partial charge in [-0.2, -0.15) is 0 Å². The third-order valence-electron chi connectivity index (χ3n) is 3.50. The SMILES string of the molecule is CC(C)(C)CCC(NCc1cccc2c1OCO2)C(=O)O. The van der Waals surface area contributed by atoms with Gasteiger partial charge in [0, 0.05) is 12.1 Å². The van der Waals surface area contributed by atoms with Crippen molar-refractivity contribution in [3.8, 4) is 11.5 Å². The van der Waals surface area contributed by atoms with E-state index in [9.17, 15) is 9.90 Å². The quantitative estimate of drug-likeness (QED) is 0.844. The topological polar surface area (TPSA) is 67.8 Å². The Balaban J connectivity index is 1.96. The van der Waals surface area contributed by atoms with Gasteiger partial charge in [-0.05, 0) is 24.3 Å². The molecular formula is C16H23NO4. The molecule has 0 fully saturated rings. The van der Waals surface area contributed by atoms with E-state index in [0.29, 0.717) is 18.7 Å². The van der Waals surface area contributed by atoms with E-state index in [2.05, 4.69) is 26.1 Å². The fourth-order valence-electron chi connectivity index (χ4n) is 2.25. The predicted octanol–water partition coefficient (Wildman–Crippen LogP) is 2.78. The van der Waals surface area contributed by atoms with E-state index in [0.717, 1.165) is 17.7 Å². The number of para-hydroxylation sites is 1. The smallest absolute Gasteiger partial charge is 0.320 e. The van der Waals surface area contributed by atoms with E-state index in [-0.39, 0.29) is 12.2 Å². The number of carbonyl (C=O) groups is 1. The van der Waals surface area contributed by atoms with Crippen molar-refractivity contribution in [3.63, 3.8) is 0 Å². The molecule has 1 aliphatic heterocycles. The molecular weight excluding hydrogens is 270 g/mol. The van der Waals surface area contributed by atoms with Gasteiger partial charge in [0.1, 0.15) is 6.04 Å². The van der Waals surface area contributed by atoms with E-state index >= 15 is 0 Å². The molecule has 0 saturated heterocycles. The third kappa shape index (κ3) is 4.36. The molecule has 1 aromatic carbocycles. The largest absolute Gasteiger partial charge is 0.480 e. The van der Waals surface area contributed by atoms with Crippen LogP contribution >= 0.6 is 0 Å². The summed E-state index contributed by atoms with van der Waals surface area (Å²) in [5.74, 6) is 0.616. The molecule has 2 N–H and O–H groups in total. The van der Waals surface area contributed by atoms with Crippen LogP contribution in [0.5, 0.6) is 11.5 Å². The monoisotopic (exact) mass is 293 g/mol. The van der Waals surface area contributed by atoms with Crippen molar-refractivity contribution in [2.24, 2.45) is 5.41 Å². The number of fused-ring (bicyclic) bond motifs is 1. The normalized spacial score (nSPS) is 15.0. The Bertz CT molecular complexity index is 507. The lowest BCUT2D eigenvalue weighted by atomic mass is 9.88. The fourth-order valence-corrected chi connectivity index (χ4v) is 2.25. The van der Waals surface area contributed by atoms with E-state index < -0.39 is 12.0 Å². The van der Waals surface area contributed by atoms with E-state index in [1.54, 1.807) is 0 Å². The van der Waals surface area contributed by atoms with Crippen LogP contribution in [-0.2, 0) is 11.3 Å². The maximum atomic E-state index is 11.4. The summed E-state index contributed by atoms with van der Waals surface area (Å²) in [4.78, 5) is 11.4. The Morgan fingerprint density at radius 1 is 1.38 bits per heavy atom. The first-order valence-corrected chi connectivity index (χ1v) is 7.20. The van der Waals surface area contributed by atoms with Crippen molar-refractivity contribution in [3.05, 3.63) is 23.8 Å². The van der Waals surface area contributed by atoms with Gasteiger partial charge in [-0.3, -0.25) is 4.79 Å². The molecule has 5 nitrogen and oxygen atoms in total. The van der Waals surface area contributed by atoms with Gasteiger partial charge in [0.2, 0.25) is 6.79 Å². The number of hydrogen-bond donors (Lipinski definition) is 2. The highest BCUT2D eigenvalue weighted by molar-refractivity contribution is 5.73. The van der Waals surface area contributed by atoms with Crippen molar-refractivity contribution < 1.29 is 19.4 Å². The highest BCUT2D eigenvalue weighted by atomic mass is 16.7. The number of rotatable bonds is 6. The van der Waals surface area contributed by atoms with Crippen molar-refractivity contribution in [2.75, 3.05) is 6.79 Å². The van der Waals surface area contributed by atoms with Crippen molar-refractivity contribution >= 4 is 5.97 Å². The minimum atomic E-state index is -0.816. The molecule has 2 rings (SSSR count). The molecule has 1 atom stereocenters. The minimum Gasteiger partial charge on any atom is -0.480 e. The van der Waals surface area contributed by atoms with Crippen LogP contribution in [0.25, 0.3) is 0 Å². The Morgan fingerprint density at radius 2 is 2.14 bits per heavy atom. The Hall–Kier alpha value is -1.75. The van der Waals surface area contributed by atoms with Crippen LogP contribution in [-0.4, -0.2) is 23.9 Å². The molecule has 0 radical (unpaired) electrons. The number of aliphatic carboxylic acids is 1. The van der Waals surface area contributed by atoms with Gasteiger partial charge in [0.05, 0.1) is 0 Å². The molecule has 21 heavy (non-hydrogen) atoms. The molecule has 0 saturated carbocycles. The Kier molecular flexibility index (Phi) is 4.73. The highest BCUT2D eigenvalue weighted by Crippen LogP contribution is 2.35. The average molecular weight is 293 g/mol. The number of hydrogen-bond acceptors (Lipinski definition) is 4. The first kappa shape index (κ1) is 15.6. The Morgan fingerprint density at radius 3 is 2.81 bits per heavy atom. The minimum absolute atomic E-state index is 0.125. The summed E-state index contributed by atoms with van der Waals surface area (Å²) in [5, 5.41) is 12.4. The zero-order valence-electron chi connectivity index (χ0n) is 12.8. The van der Waals surface area contributed by atoms with Crippen LogP contribution in [0, 0.1) is 5.41 Å². The van der Waals surface area contributed by atoms with Crippen LogP contribution in [0.15, 0.2) is 18.2 Å². The molecule has 116 valence electrons. The van der Waals surface area contributed by atoms with Crippen molar-refractivity contribution in [2.45, 2.75) is 46.2 Å². The van der Waals surface area contributed by atoms with Gasteiger partial charge >= 0.3 is 5.97 Å². The molecule has 1 heterocycles. The predicted molar refractivity (Wildman–Crippen MR) is 79.5 cm³/mol. The highest BCUT2D eigenvalue weighted by Gasteiger charge is 2.22. The first-order valence-electron chi connectivity index (χ1n) is 7.20. The number of benzene rings is 1. The molecule has 0 aromatic heterocycles. The van der Waals surface area contributed by atoms with Crippen LogP contribution in [0.3, 0.4) is 0 Å². The van der Waals surface area contributed by atoms with Crippen LogP contribution in [0.4, 0.5) is 0 Å². The zero-order valence-corrected chi connectivity index (χ0v) is 12.8. The van der Waals surface area contributed by atoms with E-state index in [1.165, 1.54) is 0 Å². The number of nitrogens with one attached hydrogen (secondary N) is 1. The summed E-state index contributed by atoms with van der Waals surface area (Å²) in [7, 11) is 0. The van der Waals surface area contributed by atoms with E-state index in [4.69, 9.17) is 9.47 Å². The maximum Gasteiger partial charge on any atom is 0.320 e. The molecule has 1 aliphatic rings. The lowest BCUT2D eigenvalue weighted by Gasteiger charge is -2.21. The summed E-state index contributed by atoms with van der Waals surface area (Å²) >= 11 is 0. The Labute approximate surface area is 125 Å². The summed E-state index contributed by atoms with van der Waals surface area (Å²) in [5.41, 5.74) is 1.05. The van der Waals surface area contributed by atoms with Crippen LogP contribution in [0.2, 0.25) is 0 Å². The van der Waals surface area contributed by atoms with Gasteiger partial charge in [-0.25, -0.2) is 0 Å². The first-order chi connectivity index (χ1) is 9.87. The lowest BCUT2D eigenvalue weighted by molar-refractivity contribution is -0.139. The summed E-state index contributed by atoms with van der Waals surface area (Å²) < 4.78 is 10.7. The second-order valence-corrected chi connectivity index (χ2v) is 6.52. The van der Waals surface area contributed by atoms with Gasteiger partial charge in [0.25, 0.3) is 0 Å². The van der Waals surface area contributed by atoms with Gasteiger partial charge in [-0.1, -0.05) is 32.9 Å². The molecule has 1 aromatic rings. The maximum absolute atomic E-state index is 11.4. The van der Waals surface area contributed by atoms with E-state index in [1.807, 2.05) is 18.2 Å². The zero-order chi connectivity index (χ0) is 15.5. The molecule has 0 aliphatic carbocycles. The second-order valence-electron chi connectivity index (χ2n) is 6.52. The number of carboxylic acids is 1. The van der Waals surface area contributed by atoms with Gasteiger partial charge in [0.15, 0.2) is 11.5 Å². The molecule has 0 amide bonds. The number of ether oxygens (including phenoxy) is 2. The second kappa shape index (κ2) is 6.35. The third-order valence-corrected chi connectivity index (χ3v) is 3.50. The van der Waals surface area contributed by atoms with Gasteiger partial charge < -0.3 is 19.9 Å². The van der Waals surface area contributed by atoms with Crippen LogP contribution in [0.1, 0.15) is 39.2 Å². The average Bonchev–Trinajstić information content (AvgIpc) is 2.85. The lowest BCUT2D eigenvalue weighted by Crippen LogP contribution is -2.37. The summed E-state index contributed by atoms with van der Waals surface area (Å²) in [6, 6.07) is 5.10. The molecule has 5 heteroatoms. The van der Waals surface area contributed by atoms with Crippen molar-refractivity contribution in [1.82, 2.24) is 5.32 Å². The standard InChI is InChI=1S/C16H23NO4/c1-16(2,3)8-7-12(15(18)19)17-9-11-5-4-6-13-14(11)21-10-20-13/h4-6,12,17H,7-10H2,1-3H3,(H,18,19). The van der Waals surface area contributed by atoms with Gasteiger partial charge in [-0.15, -0.1) is 0 Å². The molecule has 1 unspecified atom stereocenters. The fraction of sp³-hybridized carbons (Fsp3) is 0.562. The van der Waals surface area contributed by atoms with Crippen LogP contribution < -0.4 is 14.8 Å². The summed E-state index contributed by atoms with van der Waals surface area (Å²) in [6.07, 6.45) is 1.45.